The largest absolute Gasteiger partial charge is 0.748 e. The Bertz CT molecular complexity index is 1900. The van der Waals surface area contributed by atoms with Crippen molar-refractivity contribution in [3.8, 4) is 0 Å². The number of hydrogen-bond acceptors (Lipinski definition) is 6. The molecule has 0 aromatic heterocycles. The first kappa shape index (κ1) is 33.3. The van der Waals surface area contributed by atoms with Crippen molar-refractivity contribution in [2.75, 3.05) is 29.5 Å². The number of anilines is 1. The number of benzene rings is 2. The van der Waals surface area contributed by atoms with Crippen LogP contribution in [0.3, 0.4) is 0 Å². The number of hydrogen-bond donors (Lipinski definition) is 1. The first-order chi connectivity index (χ1) is 21.0. The van der Waals surface area contributed by atoms with Crippen LogP contribution >= 0.6 is 11.6 Å². The quantitative estimate of drug-likeness (QED) is 0.244. The minimum Gasteiger partial charge on any atom is -0.748 e. The van der Waals surface area contributed by atoms with E-state index in [2.05, 4.69) is 27.7 Å². The molecule has 45 heavy (non-hydrogen) atoms. The maximum absolute atomic E-state index is 11.6. The molecule has 1 aliphatic carbocycles. The minimum absolute atomic E-state index is 0.0592. The molecule has 2 heterocycles. The van der Waals surface area contributed by atoms with Crippen LogP contribution in [0, 0.1) is 0 Å². The first-order valence-corrected chi connectivity index (χ1v) is 18.6. The number of fused-ring (bicyclic) bond motifs is 2. The molecule has 11 heteroatoms. The van der Waals surface area contributed by atoms with Crippen molar-refractivity contribution in [2.45, 2.75) is 57.8 Å². The van der Waals surface area contributed by atoms with Crippen LogP contribution in [0.1, 0.15) is 58.1 Å². The van der Waals surface area contributed by atoms with E-state index >= 15 is 0 Å². The molecule has 2 aliphatic heterocycles. The Morgan fingerprint density at radius 1 is 0.911 bits per heavy atom. The third-order valence-corrected chi connectivity index (χ3v) is 10.9. The monoisotopic (exact) mass is 670 g/mol. The second kappa shape index (κ2) is 12.3. The average Bonchev–Trinajstić information content (AvgIpc) is 3.31. The summed E-state index contributed by atoms with van der Waals surface area (Å²) < 4.78 is 69.3. The Labute approximate surface area is 271 Å². The summed E-state index contributed by atoms with van der Waals surface area (Å²) in [5.41, 5.74) is 6.84. The lowest BCUT2D eigenvalue weighted by atomic mass is 9.81. The molecule has 0 amide bonds. The van der Waals surface area contributed by atoms with Gasteiger partial charge < -0.3 is 9.45 Å². The SMILES string of the molecule is CC1(C)C(=C/C=C2\CCCC(C=CC3=[N+](CCS(=O)(=O)O)c4ccccc4C3(C)C)=C2Cl)N(CCS(=O)(=O)[O-])c2ccccc21. The fourth-order valence-corrected chi connectivity index (χ4v) is 7.87. The fraction of sp³-hybridized carbons (Fsp3) is 0.382. The normalized spacial score (nSPS) is 21.4. The number of allylic oxidation sites excluding steroid dienone is 8. The molecular formula is C34H39ClN2O6S2. The zero-order valence-electron chi connectivity index (χ0n) is 26.0. The second-order valence-corrected chi connectivity index (χ2v) is 16.3. The van der Waals surface area contributed by atoms with Gasteiger partial charge >= 0.3 is 0 Å². The summed E-state index contributed by atoms with van der Waals surface area (Å²) in [4.78, 5) is 1.92. The van der Waals surface area contributed by atoms with Crippen LogP contribution in [-0.2, 0) is 31.1 Å². The van der Waals surface area contributed by atoms with Gasteiger partial charge in [-0.2, -0.15) is 13.0 Å². The molecule has 5 rings (SSSR count). The zero-order chi connectivity index (χ0) is 32.8. The van der Waals surface area contributed by atoms with Crippen LogP contribution in [0.15, 0.2) is 94.7 Å². The van der Waals surface area contributed by atoms with Gasteiger partial charge in [0.1, 0.15) is 5.75 Å². The summed E-state index contributed by atoms with van der Waals surface area (Å²) >= 11 is 7.02. The molecular weight excluding hydrogens is 632 g/mol. The van der Waals surface area contributed by atoms with Crippen LogP contribution in [0.5, 0.6) is 0 Å². The van der Waals surface area contributed by atoms with Gasteiger partial charge in [-0.15, -0.1) is 0 Å². The number of nitrogens with zero attached hydrogens (tertiary/aromatic N) is 2. The minimum atomic E-state index is -4.40. The predicted molar refractivity (Wildman–Crippen MR) is 179 cm³/mol. The van der Waals surface area contributed by atoms with Crippen LogP contribution in [0.25, 0.3) is 0 Å². The van der Waals surface area contributed by atoms with Crippen molar-refractivity contribution in [2.24, 2.45) is 0 Å². The number of para-hydroxylation sites is 2. The third-order valence-electron chi connectivity index (χ3n) is 9.08. The fourth-order valence-electron chi connectivity index (χ4n) is 6.74. The van der Waals surface area contributed by atoms with Crippen molar-refractivity contribution in [1.29, 1.82) is 0 Å². The molecule has 2 aromatic carbocycles. The van der Waals surface area contributed by atoms with Crippen molar-refractivity contribution < 1.29 is 30.5 Å². The third kappa shape index (κ3) is 6.90. The molecule has 0 saturated heterocycles. The van der Waals surface area contributed by atoms with Crippen molar-refractivity contribution >= 4 is 48.9 Å². The van der Waals surface area contributed by atoms with E-state index in [1.165, 1.54) is 0 Å². The summed E-state index contributed by atoms with van der Waals surface area (Å²) in [5, 5.41) is 0.648. The first-order valence-electron chi connectivity index (χ1n) is 15.0. The smallest absolute Gasteiger partial charge is 0.271 e. The van der Waals surface area contributed by atoms with Gasteiger partial charge in [-0.1, -0.05) is 74.0 Å². The van der Waals surface area contributed by atoms with Crippen molar-refractivity contribution in [3.63, 3.8) is 0 Å². The molecule has 0 saturated carbocycles. The van der Waals surface area contributed by atoms with E-state index in [0.29, 0.717) is 5.03 Å². The van der Waals surface area contributed by atoms with E-state index in [1.54, 1.807) is 0 Å². The molecule has 0 bridgehead atoms. The van der Waals surface area contributed by atoms with Gasteiger partial charge in [-0.3, -0.25) is 4.55 Å². The second-order valence-electron chi connectivity index (χ2n) is 12.8. The standard InChI is InChI=1S/C34H39ClN2O6S2/c1-33(2)26-12-5-7-14-28(26)36(20-22-44(38,39)40)30(33)18-16-24-10-9-11-25(32(24)35)17-19-31-34(3,4)27-13-6-8-15-29(27)37(31)21-23-45(41,42)43/h5-8,12-19H,9-11,20-23H2,1-4H3,(H-,38,39,40,41,42,43). The van der Waals surface area contributed by atoms with Gasteiger partial charge in [0.05, 0.1) is 21.3 Å². The number of halogens is 1. The van der Waals surface area contributed by atoms with Gasteiger partial charge in [0.15, 0.2) is 12.3 Å². The average molecular weight is 671 g/mol. The van der Waals surface area contributed by atoms with E-state index < -0.39 is 42.6 Å². The Morgan fingerprint density at radius 3 is 2.27 bits per heavy atom. The van der Waals surface area contributed by atoms with Gasteiger partial charge in [0.25, 0.3) is 10.1 Å². The number of rotatable bonds is 9. The lowest BCUT2D eigenvalue weighted by Crippen LogP contribution is -2.30. The van der Waals surface area contributed by atoms with Crippen LogP contribution in [0.2, 0.25) is 0 Å². The summed E-state index contributed by atoms with van der Waals surface area (Å²) in [6, 6.07) is 15.7. The van der Waals surface area contributed by atoms with Gasteiger partial charge in [0, 0.05) is 46.1 Å². The molecule has 1 N–H and O–H groups in total. The molecule has 0 fully saturated rings. The molecule has 2 aromatic rings. The van der Waals surface area contributed by atoms with Crippen LogP contribution in [0.4, 0.5) is 11.4 Å². The Hall–Kier alpha value is -3.02. The van der Waals surface area contributed by atoms with Gasteiger partial charge in [-0.25, -0.2) is 8.42 Å². The highest BCUT2D eigenvalue weighted by Gasteiger charge is 2.44. The molecule has 8 nitrogen and oxygen atoms in total. The molecule has 0 spiro atoms. The van der Waals surface area contributed by atoms with E-state index in [4.69, 9.17) is 11.6 Å². The Kier molecular flexibility index (Phi) is 9.11. The predicted octanol–water partition coefficient (Wildman–Crippen LogP) is 6.34. The summed E-state index contributed by atoms with van der Waals surface area (Å²) in [5.74, 6) is -0.890. The molecule has 0 radical (unpaired) electrons. The lowest BCUT2D eigenvalue weighted by Gasteiger charge is -2.27. The summed E-state index contributed by atoms with van der Waals surface area (Å²) in [6.45, 7) is 8.54. The Balaban J connectivity index is 1.50. The maximum atomic E-state index is 11.6. The molecule has 240 valence electrons. The van der Waals surface area contributed by atoms with E-state index in [9.17, 15) is 25.9 Å². The highest BCUT2D eigenvalue weighted by atomic mass is 35.5. The molecule has 0 atom stereocenters. The lowest BCUT2D eigenvalue weighted by molar-refractivity contribution is -0.432. The van der Waals surface area contributed by atoms with Crippen molar-refractivity contribution in [1.82, 2.24) is 0 Å². The van der Waals surface area contributed by atoms with E-state index in [-0.39, 0.29) is 13.1 Å². The topological polar surface area (TPSA) is 118 Å². The van der Waals surface area contributed by atoms with Crippen LogP contribution < -0.4 is 4.90 Å². The molecule has 0 unspecified atom stereocenters. The van der Waals surface area contributed by atoms with E-state index in [1.807, 2.05) is 82.3 Å². The zero-order valence-corrected chi connectivity index (χ0v) is 28.3. The van der Waals surface area contributed by atoms with Gasteiger partial charge in [-0.05, 0) is 62.0 Å². The van der Waals surface area contributed by atoms with Crippen molar-refractivity contribution in [3.05, 3.63) is 106 Å². The van der Waals surface area contributed by atoms with E-state index in [0.717, 1.165) is 64.3 Å². The summed E-state index contributed by atoms with van der Waals surface area (Å²) in [7, 11) is -8.55. The highest BCUT2D eigenvalue weighted by Crippen LogP contribution is 2.48. The highest BCUT2D eigenvalue weighted by molar-refractivity contribution is 7.86. The van der Waals surface area contributed by atoms with Crippen LogP contribution in [-0.4, -0.2) is 60.8 Å². The van der Waals surface area contributed by atoms with Gasteiger partial charge in [0.2, 0.25) is 5.69 Å². The maximum Gasteiger partial charge on any atom is 0.271 e. The molecule has 3 aliphatic rings. The Morgan fingerprint density at radius 2 is 1.58 bits per heavy atom. The summed E-state index contributed by atoms with van der Waals surface area (Å²) in [6.07, 6.45) is 10.4.